The average molecular weight is 344 g/mol. The van der Waals surface area contributed by atoms with Gasteiger partial charge in [-0.05, 0) is 42.5 Å². The summed E-state index contributed by atoms with van der Waals surface area (Å²) in [7, 11) is 3.87. The standard InChI is InChI=1S/C16H16N4O3S/c1-19(2)13-8-6-12(7-9-13)17-16(24)18-15(21)11-4-3-5-14(10-11)20(22)23/h3-10H,1-2H3,(H2,17,18,21,24). The van der Waals surface area contributed by atoms with Crippen molar-refractivity contribution >= 4 is 40.3 Å². The highest BCUT2D eigenvalue weighted by Gasteiger charge is 2.12. The maximum atomic E-state index is 12.1. The summed E-state index contributed by atoms with van der Waals surface area (Å²) in [6.07, 6.45) is 0. The number of carbonyl (C=O) groups excluding carboxylic acids is 1. The molecule has 24 heavy (non-hydrogen) atoms. The molecule has 2 aromatic rings. The van der Waals surface area contributed by atoms with Crippen molar-refractivity contribution in [1.82, 2.24) is 5.32 Å². The molecular formula is C16H16N4O3S. The van der Waals surface area contributed by atoms with E-state index in [0.29, 0.717) is 0 Å². The molecule has 2 rings (SSSR count). The third-order valence-electron chi connectivity index (χ3n) is 3.19. The fourth-order valence-corrected chi connectivity index (χ4v) is 2.15. The summed E-state index contributed by atoms with van der Waals surface area (Å²) in [6.45, 7) is 0. The number of nitro groups is 1. The van der Waals surface area contributed by atoms with E-state index in [4.69, 9.17) is 12.2 Å². The molecule has 0 aliphatic carbocycles. The number of hydrogen-bond acceptors (Lipinski definition) is 5. The molecular weight excluding hydrogens is 328 g/mol. The summed E-state index contributed by atoms with van der Waals surface area (Å²) in [6, 6.07) is 12.9. The molecule has 0 atom stereocenters. The number of nitrogens with one attached hydrogen (secondary N) is 2. The molecule has 0 radical (unpaired) electrons. The van der Waals surface area contributed by atoms with Crippen LogP contribution in [0.25, 0.3) is 0 Å². The van der Waals surface area contributed by atoms with Crippen molar-refractivity contribution in [2.45, 2.75) is 0 Å². The van der Waals surface area contributed by atoms with E-state index in [-0.39, 0.29) is 16.4 Å². The smallest absolute Gasteiger partial charge is 0.270 e. The normalized spacial score (nSPS) is 9.92. The van der Waals surface area contributed by atoms with Crippen LogP contribution in [0.3, 0.4) is 0 Å². The monoisotopic (exact) mass is 344 g/mol. The predicted octanol–water partition coefficient (Wildman–Crippen LogP) is 2.79. The molecule has 124 valence electrons. The first-order valence-electron chi connectivity index (χ1n) is 7.01. The predicted molar refractivity (Wildman–Crippen MR) is 97.6 cm³/mol. The van der Waals surface area contributed by atoms with Crippen molar-refractivity contribution < 1.29 is 9.72 Å². The Morgan fingerprint density at radius 1 is 1.17 bits per heavy atom. The topological polar surface area (TPSA) is 87.5 Å². The van der Waals surface area contributed by atoms with Crippen LogP contribution in [-0.4, -0.2) is 30.0 Å². The summed E-state index contributed by atoms with van der Waals surface area (Å²) in [5.41, 5.74) is 1.77. The number of nitro benzene ring substituents is 1. The summed E-state index contributed by atoms with van der Waals surface area (Å²) in [5, 5.41) is 16.3. The lowest BCUT2D eigenvalue weighted by Crippen LogP contribution is -2.34. The summed E-state index contributed by atoms with van der Waals surface area (Å²) in [4.78, 5) is 24.3. The molecule has 0 unspecified atom stereocenters. The van der Waals surface area contributed by atoms with Crippen LogP contribution >= 0.6 is 12.2 Å². The zero-order chi connectivity index (χ0) is 17.7. The van der Waals surface area contributed by atoms with Gasteiger partial charge in [0.05, 0.1) is 4.92 Å². The highest BCUT2D eigenvalue weighted by atomic mass is 32.1. The van der Waals surface area contributed by atoms with Crippen LogP contribution in [-0.2, 0) is 0 Å². The summed E-state index contributed by atoms with van der Waals surface area (Å²) < 4.78 is 0. The minimum atomic E-state index is -0.556. The Morgan fingerprint density at radius 3 is 2.42 bits per heavy atom. The second-order valence-electron chi connectivity index (χ2n) is 5.16. The van der Waals surface area contributed by atoms with Gasteiger partial charge in [-0.15, -0.1) is 0 Å². The lowest BCUT2D eigenvalue weighted by atomic mass is 10.2. The quantitative estimate of drug-likeness (QED) is 0.504. The van der Waals surface area contributed by atoms with E-state index < -0.39 is 10.8 Å². The van der Waals surface area contributed by atoms with Gasteiger partial charge in [-0.2, -0.15) is 0 Å². The number of anilines is 2. The summed E-state index contributed by atoms with van der Waals surface area (Å²) >= 11 is 5.09. The van der Waals surface area contributed by atoms with Gasteiger partial charge in [0, 0.05) is 43.2 Å². The highest BCUT2D eigenvalue weighted by molar-refractivity contribution is 7.80. The number of carbonyl (C=O) groups is 1. The Morgan fingerprint density at radius 2 is 1.83 bits per heavy atom. The molecule has 2 aromatic carbocycles. The molecule has 0 aliphatic heterocycles. The fourth-order valence-electron chi connectivity index (χ4n) is 1.94. The highest BCUT2D eigenvalue weighted by Crippen LogP contribution is 2.16. The zero-order valence-electron chi connectivity index (χ0n) is 13.1. The minimum Gasteiger partial charge on any atom is -0.378 e. The molecule has 8 heteroatoms. The first kappa shape index (κ1) is 17.4. The number of rotatable bonds is 4. The van der Waals surface area contributed by atoms with Crippen molar-refractivity contribution in [3.63, 3.8) is 0 Å². The molecule has 0 aromatic heterocycles. The number of benzene rings is 2. The third-order valence-corrected chi connectivity index (χ3v) is 3.39. The van der Waals surface area contributed by atoms with E-state index in [1.165, 1.54) is 24.3 Å². The first-order valence-corrected chi connectivity index (χ1v) is 7.42. The third kappa shape index (κ3) is 4.50. The van der Waals surface area contributed by atoms with E-state index in [0.717, 1.165) is 11.4 Å². The van der Waals surface area contributed by atoms with Gasteiger partial charge in [-0.25, -0.2) is 0 Å². The van der Waals surface area contributed by atoms with Crippen LogP contribution in [0, 0.1) is 10.1 Å². The van der Waals surface area contributed by atoms with E-state index in [2.05, 4.69) is 10.6 Å². The largest absolute Gasteiger partial charge is 0.378 e. The number of amides is 1. The second kappa shape index (κ2) is 7.51. The number of non-ortho nitro benzene ring substituents is 1. The fraction of sp³-hybridized carbons (Fsp3) is 0.125. The Balaban J connectivity index is 2.00. The molecule has 0 aliphatic rings. The molecule has 2 N–H and O–H groups in total. The molecule has 0 spiro atoms. The van der Waals surface area contributed by atoms with Gasteiger partial charge in [0.1, 0.15) is 0 Å². The van der Waals surface area contributed by atoms with Crippen molar-refractivity contribution in [1.29, 1.82) is 0 Å². The van der Waals surface area contributed by atoms with Crippen molar-refractivity contribution in [3.05, 3.63) is 64.2 Å². The molecule has 0 bridgehead atoms. The van der Waals surface area contributed by atoms with Gasteiger partial charge >= 0.3 is 0 Å². The van der Waals surface area contributed by atoms with Crippen LogP contribution in [0.4, 0.5) is 17.1 Å². The van der Waals surface area contributed by atoms with Crippen molar-refractivity contribution in [2.24, 2.45) is 0 Å². The van der Waals surface area contributed by atoms with E-state index >= 15 is 0 Å². The van der Waals surface area contributed by atoms with Gasteiger partial charge < -0.3 is 10.2 Å². The molecule has 1 amide bonds. The van der Waals surface area contributed by atoms with Crippen LogP contribution in [0.1, 0.15) is 10.4 Å². The van der Waals surface area contributed by atoms with E-state index in [1.54, 1.807) is 0 Å². The Hall–Kier alpha value is -3.00. The van der Waals surface area contributed by atoms with Gasteiger partial charge in [-0.1, -0.05) is 6.07 Å². The summed E-state index contributed by atoms with van der Waals surface area (Å²) in [5.74, 6) is -0.513. The molecule has 0 heterocycles. The average Bonchev–Trinajstić information content (AvgIpc) is 2.55. The lowest BCUT2D eigenvalue weighted by Gasteiger charge is -2.14. The zero-order valence-corrected chi connectivity index (χ0v) is 14.0. The van der Waals surface area contributed by atoms with E-state index in [9.17, 15) is 14.9 Å². The van der Waals surface area contributed by atoms with Gasteiger partial charge in [-0.3, -0.25) is 20.2 Å². The van der Waals surface area contributed by atoms with Crippen LogP contribution in [0.2, 0.25) is 0 Å². The van der Waals surface area contributed by atoms with Crippen LogP contribution in [0.15, 0.2) is 48.5 Å². The first-order chi connectivity index (χ1) is 11.4. The van der Waals surface area contributed by atoms with Crippen LogP contribution in [0.5, 0.6) is 0 Å². The van der Waals surface area contributed by atoms with Crippen molar-refractivity contribution in [3.8, 4) is 0 Å². The minimum absolute atomic E-state index is 0.115. The molecule has 0 saturated carbocycles. The SMILES string of the molecule is CN(C)c1ccc(NC(=S)NC(=O)c2cccc([N+](=O)[O-])c2)cc1. The number of nitrogens with zero attached hydrogens (tertiary/aromatic N) is 2. The number of hydrogen-bond donors (Lipinski definition) is 2. The van der Waals surface area contributed by atoms with Gasteiger partial charge in [0.15, 0.2) is 5.11 Å². The Labute approximate surface area is 144 Å². The molecule has 0 saturated heterocycles. The van der Waals surface area contributed by atoms with Crippen LogP contribution < -0.4 is 15.5 Å². The molecule has 7 nitrogen and oxygen atoms in total. The van der Waals surface area contributed by atoms with E-state index in [1.807, 2.05) is 43.3 Å². The lowest BCUT2D eigenvalue weighted by molar-refractivity contribution is -0.384. The molecule has 0 fully saturated rings. The Kier molecular flexibility index (Phi) is 5.43. The van der Waals surface area contributed by atoms with Crippen molar-refractivity contribution in [2.75, 3.05) is 24.3 Å². The van der Waals surface area contributed by atoms with Gasteiger partial charge in [0.25, 0.3) is 11.6 Å². The second-order valence-corrected chi connectivity index (χ2v) is 5.57. The Bertz CT molecular complexity index is 775. The maximum Gasteiger partial charge on any atom is 0.270 e. The maximum absolute atomic E-state index is 12.1. The number of thiocarbonyl (C=S) groups is 1. The van der Waals surface area contributed by atoms with Gasteiger partial charge in [0.2, 0.25) is 0 Å².